The molecule has 0 aliphatic carbocycles. The highest BCUT2D eigenvalue weighted by atomic mass is 16.5. The van der Waals surface area contributed by atoms with Crippen LogP contribution in [0.4, 0.5) is 4.79 Å². The SMILES string of the molecule is CNC(=O)N(CC(=O)OC)C(C)C. The fourth-order valence-corrected chi connectivity index (χ4v) is 0.836. The first kappa shape index (κ1) is 11.7. The lowest BCUT2D eigenvalue weighted by atomic mass is 10.3. The number of rotatable bonds is 3. The van der Waals surface area contributed by atoms with Crippen LogP contribution in [0.5, 0.6) is 0 Å². The van der Waals surface area contributed by atoms with E-state index in [-0.39, 0.29) is 18.6 Å². The van der Waals surface area contributed by atoms with E-state index in [0.717, 1.165) is 0 Å². The molecule has 0 unspecified atom stereocenters. The number of esters is 1. The third-order valence-corrected chi connectivity index (χ3v) is 1.63. The first-order valence-corrected chi connectivity index (χ1v) is 4.08. The first-order chi connectivity index (χ1) is 6.02. The van der Waals surface area contributed by atoms with Crippen molar-refractivity contribution in [3.05, 3.63) is 0 Å². The summed E-state index contributed by atoms with van der Waals surface area (Å²) in [4.78, 5) is 23.5. The van der Waals surface area contributed by atoms with Gasteiger partial charge < -0.3 is 15.0 Å². The molecule has 0 rings (SSSR count). The van der Waals surface area contributed by atoms with Crippen LogP contribution in [-0.4, -0.2) is 43.6 Å². The second-order valence-corrected chi connectivity index (χ2v) is 2.85. The smallest absolute Gasteiger partial charge is 0.325 e. The molecule has 0 saturated carbocycles. The van der Waals surface area contributed by atoms with Gasteiger partial charge in [0.1, 0.15) is 6.54 Å². The zero-order chi connectivity index (χ0) is 10.4. The Bertz CT molecular complexity index is 192. The molecule has 0 fully saturated rings. The minimum atomic E-state index is -0.419. The highest BCUT2D eigenvalue weighted by molar-refractivity contribution is 5.80. The van der Waals surface area contributed by atoms with Crippen LogP contribution < -0.4 is 5.32 Å². The fraction of sp³-hybridized carbons (Fsp3) is 0.750. The maximum atomic E-state index is 11.2. The molecule has 13 heavy (non-hydrogen) atoms. The van der Waals surface area contributed by atoms with Crippen molar-refractivity contribution in [1.29, 1.82) is 0 Å². The van der Waals surface area contributed by atoms with Crippen LogP contribution in [0, 0.1) is 0 Å². The van der Waals surface area contributed by atoms with E-state index >= 15 is 0 Å². The van der Waals surface area contributed by atoms with Gasteiger partial charge in [0.05, 0.1) is 7.11 Å². The molecular weight excluding hydrogens is 172 g/mol. The van der Waals surface area contributed by atoms with Gasteiger partial charge in [-0.1, -0.05) is 0 Å². The van der Waals surface area contributed by atoms with Crippen LogP contribution in [0.1, 0.15) is 13.8 Å². The van der Waals surface area contributed by atoms with Gasteiger partial charge in [0.15, 0.2) is 0 Å². The topological polar surface area (TPSA) is 58.6 Å². The monoisotopic (exact) mass is 188 g/mol. The molecule has 0 heterocycles. The molecule has 2 amide bonds. The molecule has 0 spiro atoms. The molecule has 0 aliphatic rings. The summed E-state index contributed by atoms with van der Waals surface area (Å²) in [5, 5.41) is 2.46. The highest BCUT2D eigenvalue weighted by Gasteiger charge is 2.18. The molecule has 0 aromatic heterocycles. The van der Waals surface area contributed by atoms with E-state index in [0.29, 0.717) is 0 Å². The Morgan fingerprint density at radius 3 is 2.31 bits per heavy atom. The molecule has 0 aromatic carbocycles. The molecule has 5 nitrogen and oxygen atoms in total. The second kappa shape index (κ2) is 5.40. The largest absolute Gasteiger partial charge is 0.468 e. The average Bonchev–Trinajstić information content (AvgIpc) is 2.11. The van der Waals surface area contributed by atoms with E-state index in [1.807, 2.05) is 13.8 Å². The number of ether oxygens (including phenoxy) is 1. The Morgan fingerprint density at radius 2 is 2.00 bits per heavy atom. The molecule has 0 bridgehead atoms. The number of nitrogens with one attached hydrogen (secondary N) is 1. The van der Waals surface area contributed by atoms with E-state index in [1.165, 1.54) is 19.1 Å². The maximum Gasteiger partial charge on any atom is 0.325 e. The number of amides is 2. The molecule has 0 radical (unpaired) electrons. The van der Waals surface area contributed by atoms with E-state index in [4.69, 9.17) is 0 Å². The summed E-state index contributed by atoms with van der Waals surface area (Å²) >= 11 is 0. The standard InChI is InChI=1S/C8H16N2O3/c1-6(2)10(8(12)9-3)5-7(11)13-4/h6H,5H2,1-4H3,(H,9,12). The Balaban J connectivity index is 4.26. The van der Waals surface area contributed by atoms with Crippen molar-refractivity contribution < 1.29 is 14.3 Å². The van der Waals surface area contributed by atoms with Crippen LogP contribution in [0.15, 0.2) is 0 Å². The van der Waals surface area contributed by atoms with E-state index in [2.05, 4.69) is 10.1 Å². The molecule has 76 valence electrons. The minimum absolute atomic E-state index is 0.0200. The Hall–Kier alpha value is -1.26. The van der Waals surface area contributed by atoms with Crippen molar-refractivity contribution in [3.63, 3.8) is 0 Å². The zero-order valence-corrected chi connectivity index (χ0v) is 8.46. The number of nitrogens with zero attached hydrogens (tertiary/aromatic N) is 1. The van der Waals surface area contributed by atoms with Crippen molar-refractivity contribution in [3.8, 4) is 0 Å². The van der Waals surface area contributed by atoms with Crippen molar-refractivity contribution >= 4 is 12.0 Å². The van der Waals surface area contributed by atoms with Crippen LogP contribution in [0.3, 0.4) is 0 Å². The molecule has 1 N–H and O–H groups in total. The number of hydrogen-bond donors (Lipinski definition) is 1. The Kier molecular flexibility index (Phi) is 4.87. The summed E-state index contributed by atoms with van der Waals surface area (Å²) in [7, 11) is 2.82. The van der Waals surface area contributed by atoms with E-state index in [1.54, 1.807) is 0 Å². The van der Waals surface area contributed by atoms with Crippen LogP contribution >= 0.6 is 0 Å². The Labute approximate surface area is 78.0 Å². The first-order valence-electron chi connectivity index (χ1n) is 4.08. The average molecular weight is 188 g/mol. The molecule has 0 aliphatic heterocycles. The summed E-state index contributed by atoms with van der Waals surface area (Å²) in [6.07, 6.45) is 0. The van der Waals surface area contributed by atoms with Gasteiger partial charge in [0, 0.05) is 13.1 Å². The number of carbonyl (C=O) groups is 2. The van der Waals surface area contributed by atoms with Gasteiger partial charge in [0.25, 0.3) is 0 Å². The number of hydrogen-bond acceptors (Lipinski definition) is 3. The zero-order valence-electron chi connectivity index (χ0n) is 8.46. The number of carbonyl (C=O) groups excluding carboxylic acids is 2. The van der Waals surface area contributed by atoms with Gasteiger partial charge in [-0.25, -0.2) is 4.79 Å². The fourth-order valence-electron chi connectivity index (χ4n) is 0.836. The van der Waals surface area contributed by atoms with Crippen molar-refractivity contribution in [1.82, 2.24) is 10.2 Å². The van der Waals surface area contributed by atoms with Gasteiger partial charge in [-0.05, 0) is 13.8 Å². The normalized spacial score (nSPS) is 9.62. The number of methoxy groups -OCH3 is 1. The van der Waals surface area contributed by atoms with E-state index < -0.39 is 5.97 Å². The van der Waals surface area contributed by atoms with Gasteiger partial charge in [-0.3, -0.25) is 4.79 Å². The summed E-state index contributed by atoms with van der Waals surface area (Å²) in [6, 6.07) is -0.306. The Morgan fingerprint density at radius 1 is 1.46 bits per heavy atom. The summed E-state index contributed by atoms with van der Waals surface area (Å²) in [6.45, 7) is 3.64. The predicted octanol–water partition coefficient (Wildman–Crippen LogP) is 0.209. The van der Waals surface area contributed by atoms with Crippen molar-refractivity contribution in [2.75, 3.05) is 20.7 Å². The second-order valence-electron chi connectivity index (χ2n) is 2.85. The van der Waals surface area contributed by atoms with Crippen molar-refractivity contribution in [2.24, 2.45) is 0 Å². The molecule has 0 saturated heterocycles. The van der Waals surface area contributed by atoms with Gasteiger partial charge >= 0.3 is 12.0 Å². The predicted molar refractivity (Wildman–Crippen MR) is 48.3 cm³/mol. The van der Waals surface area contributed by atoms with Crippen LogP contribution in [-0.2, 0) is 9.53 Å². The maximum absolute atomic E-state index is 11.2. The number of urea groups is 1. The lowest BCUT2D eigenvalue weighted by molar-refractivity contribution is -0.141. The molecular formula is C8H16N2O3. The van der Waals surface area contributed by atoms with E-state index in [9.17, 15) is 9.59 Å². The third-order valence-electron chi connectivity index (χ3n) is 1.63. The summed E-state index contributed by atoms with van der Waals surface area (Å²) in [5.74, 6) is -0.419. The van der Waals surface area contributed by atoms with Gasteiger partial charge in [0.2, 0.25) is 0 Å². The van der Waals surface area contributed by atoms with Gasteiger partial charge in [-0.2, -0.15) is 0 Å². The summed E-state index contributed by atoms with van der Waals surface area (Å²) < 4.78 is 4.46. The van der Waals surface area contributed by atoms with Crippen LogP contribution in [0.2, 0.25) is 0 Å². The van der Waals surface area contributed by atoms with Crippen molar-refractivity contribution in [2.45, 2.75) is 19.9 Å². The molecule has 0 aromatic rings. The summed E-state index contributed by atoms with van der Waals surface area (Å²) in [5.41, 5.74) is 0. The lowest BCUT2D eigenvalue weighted by Crippen LogP contribution is -2.45. The third kappa shape index (κ3) is 3.78. The highest BCUT2D eigenvalue weighted by Crippen LogP contribution is 1.98. The minimum Gasteiger partial charge on any atom is -0.468 e. The van der Waals surface area contributed by atoms with Gasteiger partial charge in [-0.15, -0.1) is 0 Å². The molecule has 5 heteroatoms. The molecule has 0 atom stereocenters. The quantitative estimate of drug-likeness (QED) is 0.644. The lowest BCUT2D eigenvalue weighted by Gasteiger charge is -2.24. The van der Waals surface area contributed by atoms with Crippen LogP contribution in [0.25, 0.3) is 0 Å².